The molecule has 4 nitrogen and oxygen atoms in total. The number of hydrogen-bond donors (Lipinski definition) is 3. The van der Waals surface area contributed by atoms with Crippen molar-refractivity contribution in [1.82, 2.24) is 9.97 Å². The van der Waals surface area contributed by atoms with Crippen LogP contribution >= 0.6 is 11.3 Å². The molecule has 0 aliphatic heterocycles. The molecule has 0 saturated carbocycles. The minimum Gasteiger partial charge on any atom is -0.398 e. The number of rotatable bonds is 4. The Morgan fingerprint density at radius 1 is 1.00 bits per heavy atom. The zero-order valence-corrected chi connectivity index (χ0v) is 17.3. The molecular formula is C25H20N4S. The van der Waals surface area contributed by atoms with Gasteiger partial charge in [0, 0.05) is 49.2 Å². The summed E-state index contributed by atoms with van der Waals surface area (Å²) in [5.74, 6) is 0. The molecule has 0 fully saturated rings. The standard InChI is InChI=1S/C25H20N4S/c1-15-8-11-24(30-15)17-5-4-7-22-18(17)14-23(29-22)25(27)19-13-16(9-10-20(19)26)21-6-2-3-12-28-21/h2-14,27,29H,26H2,1H3. The van der Waals surface area contributed by atoms with Crippen molar-refractivity contribution in [3.05, 3.63) is 95.1 Å². The maximum absolute atomic E-state index is 8.85. The summed E-state index contributed by atoms with van der Waals surface area (Å²) in [5, 5.41) is 9.96. The Morgan fingerprint density at radius 3 is 2.67 bits per heavy atom. The van der Waals surface area contributed by atoms with Crippen molar-refractivity contribution < 1.29 is 0 Å². The van der Waals surface area contributed by atoms with Crippen molar-refractivity contribution in [3.8, 4) is 21.7 Å². The van der Waals surface area contributed by atoms with Crippen molar-refractivity contribution in [2.75, 3.05) is 5.73 Å². The fourth-order valence-corrected chi connectivity index (χ4v) is 4.60. The summed E-state index contributed by atoms with van der Waals surface area (Å²) in [6.45, 7) is 2.11. The van der Waals surface area contributed by atoms with Crippen LogP contribution < -0.4 is 5.73 Å². The highest BCUT2D eigenvalue weighted by Crippen LogP contribution is 2.34. The maximum atomic E-state index is 8.85. The summed E-state index contributed by atoms with van der Waals surface area (Å²) >= 11 is 1.78. The fraction of sp³-hybridized carbons (Fsp3) is 0.0400. The molecule has 5 rings (SSSR count). The van der Waals surface area contributed by atoms with Crippen LogP contribution in [0, 0.1) is 12.3 Å². The van der Waals surface area contributed by atoms with Crippen molar-refractivity contribution in [2.24, 2.45) is 0 Å². The zero-order valence-electron chi connectivity index (χ0n) is 16.4. The van der Waals surface area contributed by atoms with E-state index in [1.54, 1.807) is 17.5 Å². The number of benzene rings is 2. The van der Waals surface area contributed by atoms with E-state index in [-0.39, 0.29) is 0 Å². The number of nitrogens with zero attached hydrogens (tertiary/aromatic N) is 1. The van der Waals surface area contributed by atoms with Crippen LogP contribution in [0.3, 0.4) is 0 Å². The van der Waals surface area contributed by atoms with E-state index in [0.29, 0.717) is 17.0 Å². The lowest BCUT2D eigenvalue weighted by Crippen LogP contribution is -2.06. The number of aryl methyl sites for hydroxylation is 1. The number of fused-ring (bicyclic) bond motifs is 1. The van der Waals surface area contributed by atoms with Crippen molar-refractivity contribution in [1.29, 1.82) is 5.41 Å². The molecule has 30 heavy (non-hydrogen) atoms. The van der Waals surface area contributed by atoms with Crippen LogP contribution in [0.1, 0.15) is 16.1 Å². The van der Waals surface area contributed by atoms with E-state index in [2.05, 4.69) is 41.2 Å². The average Bonchev–Trinajstić information content (AvgIpc) is 3.40. The first kappa shape index (κ1) is 18.3. The zero-order chi connectivity index (χ0) is 20.7. The molecule has 3 heterocycles. The van der Waals surface area contributed by atoms with Crippen LogP contribution in [0.4, 0.5) is 5.69 Å². The Kier molecular flexibility index (Phi) is 4.45. The third-order valence-electron chi connectivity index (χ3n) is 5.22. The lowest BCUT2D eigenvalue weighted by atomic mass is 10.00. The summed E-state index contributed by atoms with van der Waals surface area (Å²) in [5.41, 5.74) is 12.6. The molecule has 0 aliphatic carbocycles. The molecular weight excluding hydrogens is 388 g/mol. The molecule has 3 aromatic heterocycles. The van der Waals surface area contributed by atoms with Gasteiger partial charge in [0.15, 0.2) is 0 Å². The number of anilines is 1. The Hall–Kier alpha value is -3.70. The minimum atomic E-state index is 0.370. The molecule has 4 N–H and O–H groups in total. The van der Waals surface area contributed by atoms with Gasteiger partial charge in [-0.15, -0.1) is 11.3 Å². The summed E-state index contributed by atoms with van der Waals surface area (Å²) in [6.07, 6.45) is 1.77. The van der Waals surface area contributed by atoms with Crippen molar-refractivity contribution in [3.63, 3.8) is 0 Å². The molecule has 0 spiro atoms. The Labute approximate surface area is 178 Å². The highest BCUT2D eigenvalue weighted by atomic mass is 32.1. The second kappa shape index (κ2) is 7.28. The molecule has 0 aliphatic rings. The number of thiophene rings is 1. The van der Waals surface area contributed by atoms with Crippen LogP contribution in [0.5, 0.6) is 0 Å². The van der Waals surface area contributed by atoms with Gasteiger partial charge >= 0.3 is 0 Å². The number of H-pyrrole nitrogens is 1. The molecule has 0 amide bonds. The second-order valence-corrected chi connectivity index (χ2v) is 8.54. The Balaban J connectivity index is 1.59. The predicted octanol–water partition coefficient (Wildman–Crippen LogP) is 6.27. The van der Waals surface area contributed by atoms with Gasteiger partial charge in [-0.1, -0.05) is 24.3 Å². The second-order valence-electron chi connectivity index (χ2n) is 7.25. The quantitative estimate of drug-likeness (QED) is 0.242. The normalized spacial score (nSPS) is 11.1. The molecule has 2 aromatic carbocycles. The van der Waals surface area contributed by atoms with Crippen LogP contribution in [-0.2, 0) is 0 Å². The van der Waals surface area contributed by atoms with E-state index in [0.717, 1.165) is 27.9 Å². The lowest BCUT2D eigenvalue weighted by molar-refractivity contribution is 1.32. The van der Waals surface area contributed by atoms with Gasteiger partial charge in [-0.2, -0.15) is 0 Å². The van der Waals surface area contributed by atoms with Crippen molar-refractivity contribution in [2.45, 2.75) is 6.92 Å². The summed E-state index contributed by atoms with van der Waals surface area (Å²) < 4.78 is 0. The van der Waals surface area contributed by atoms with E-state index >= 15 is 0 Å². The number of aromatic nitrogens is 2. The number of nitrogens with one attached hydrogen (secondary N) is 2. The smallest absolute Gasteiger partial charge is 0.0868 e. The van der Waals surface area contributed by atoms with Gasteiger partial charge in [0.1, 0.15) is 0 Å². The molecule has 146 valence electrons. The lowest BCUT2D eigenvalue weighted by Gasteiger charge is -2.09. The van der Waals surface area contributed by atoms with Gasteiger partial charge < -0.3 is 10.7 Å². The molecule has 5 heteroatoms. The topological polar surface area (TPSA) is 78.5 Å². The molecule has 0 bridgehead atoms. The first-order chi connectivity index (χ1) is 14.6. The predicted molar refractivity (Wildman–Crippen MR) is 126 cm³/mol. The molecule has 0 unspecified atom stereocenters. The van der Waals surface area contributed by atoms with Gasteiger partial charge in [0.05, 0.1) is 17.1 Å². The van der Waals surface area contributed by atoms with Gasteiger partial charge in [0.25, 0.3) is 0 Å². The van der Waals surface area contributed by atoms with E-state index in [1.807, 2.05) is 48.5 Å². The van der Waals surface area contributed by atoms with Crippen molar-refractivity contribution >= 4 is 33.6 Å². The number of nitrogen functional groups attached to an aromatic ring is 1. The van der Waals surface area contributed by atoms with E-state index < -0.39 is 0 Å². The minimum absolute atomic E-state index is 0.370. The monoisotopic (exact) mass is 408 g/mol. The number of pyridine rings is 1. The average molecular weight is 409 g/mol. The van der Waals surface area contributed by atoms with Crippen LogP contribution in [0.2, 0.25) is 0 Å². The van der Waals surface area contributed by atoms with Crippen LogP contribution in [0.15, 0.2) is 79.0 Å². The molecule has 0 radical (unpaired) electrons. The molecule has 0 atom stereocenters. The van der Waals surface area contributed by atoms with Crippen LogP contribution in [-0.4, -0.2) is 15.7 Å². The Bertz CT molecular complexity index is 1380. The number of nitrogens with two attached hydrogens (primary N) is 1. The molecule has 5 aromatic rings. The highest BCUT2D eigenvalue weighted by Gasteiger charge is 2.15. The summed E-state index contributed by atoms with van der Waals surface area (Å²) in [6, 6.07) is 24.1. The van der Waals surface area contributed by atoms with Gasteiger partial charge in [-0.25, -0.2) is 0 Å². The number of hydrogen-bond acceptors (Lipinski definition) is 4. The highest BCUT2D eigenvalue weighted by molar-refractivity contribution is 7.15. The maximum Gasteiger partial charge on any atom is 0.0868 e. The third-order valence-corrected chi connectivity index (χ3v) is 6.26. The van der Waals surface area contributed by atoms with Gasteiger partial charge in [-0.05, 0) is 55.5 Å². The number of aromatic amines is 1. The molecule has 0 saturated heterocycles. The largest absolute Gasteiger partial charge is 0.398 e. The third kappa shape index (κ3) is 3.19. The fourth-order valence-electron chi connectivity index (χ4n) is 3.69. The van der Waals surface area contributed by atoms with E-state index in [1.165, 1.54) is 15.3 Å². The summed E-state index contributed by atoms with van der Waals surface area (Å²) in [4.78, 5) is 10.3. The Morgan fingerprint density at radius 2 is 1.90 bits per heavy atom. The van der Waals surface area contributed by atoms with E-state index in [4.69, 9.17) is 11.1 Å². The summed E-state index contributed by atoms with van der Waals surface area (Å²) in [7, 11) is 0. The van der Waals surface area contributed by atoms with Crippen LogP contribution in [0.25, 0.3) is 32.6 Å². The first-order valence-corrected chi connectivity index (χ1v) is 10.5. The SMILES string of the molecule is Cc1ccc(-c2cccc3[nH]c(C(=N)c4cc(-c5ccccn5)ccc4N)cc23)s1. The van der Waals surface area contributed by atoms with Gasteiger partial charge in [0.2, 0.25) is 0 Å². The van der Waals surface area contributed by atoms with Gasteiger partial charge in [-0.3, -0.25) is 10.4 Å². The first-order valence-electron chi connectivity index (χ1n) is 9.69. The van der Waals surface area contributed by atoms with E-state index in [9.17, 15) is 0 Å².